The second-order valence-electron chi connectivity index (χ2n) is 5.65. The Morgan fingerprint density at radius 1 is 1.29 bits per heavy atom. The van der Waals surface area contributed by atoms with Gasteiger partial charge in [-0.1, -0.05) is 33.6 Å². The Balaban J connectivity index is 2.43. The Morgan fingerprint density at radius 2 is 2.00 bits per heavy atom. The van der Waals surface area contributed by atoms with Gasteiger partial charge in [0.05, 0.1) is 11.5 Å². The van der Waals surface area contributed by atoms with E-state index in [4.69, 9.17) is 0 Å². The van der Waals surface area contributed by atoms with E-state index in [1.54, 1.807) is 0 Å². The average molecular weight is 261 g/mol. The van der Waals surface area contributed by atoms with Crippen molar-refractivity contribution in [2.24, 2.45) is 11.8 Å². The molecule has 0 radical (unpaired) electrons. The maximum atomic E-state index is 11.5. The first-order valence-corrected chi connectivity index (χ1v) is 8.70. The molecule has 4 heteroatoms. The third-order valence-corrected chi connectivity index (χ3v) is 5.39. The van der Waals surface area contributed by atoms with Crippen LogP contribution in [0.1, 0.15) is 46.5 Å². The highest BCUT2D eigenvalue weighted by atomic mass is 32.2. The summed E-state index contributed by atoms with van der Waals surface area (Å²) in [5.74, 6) is 1.87. The molecule has 0 spiro atoms. The summed E-state index contributed by atoms with van der Waals surface area (Å²) in [6.45, 7) is 7.51. The van der Waals surface area contributed by atoms with E-state index in [9.17, 15) is 8.42 Å². The largest absolute Gasteiger partial charge is 0.314 e. The van der Waals surface area contributed by atoms with Gasteiger partial charge in [0.2, 0.25) is 0 Å². The summed E-state index contributed by atoms with van der Waals surface area (Å²) < 4.78 is 23.0. The van der Waals surface area contributed by atoms with E-state index in [0.29, 0.717) is 23.5 Å². The van der Waals surface area contributed by atoms with Crippen LogP contribution in [0.5, 0.6) is 0 Å². The van der Waals surface area contributed by atoms with E-state index >= 15 is 0 Å². The van der Waals surface area contributed by atoms with Gasteiger partial charge < -0.3 is 5.32 Å². The predicted octanol–water partition coefficient (Wildman–Crippen LogP) is 2.23. The molecule has 2 atom stereocenters. The second kappa shape index (κ2) is 6.74. The van der Waals surface area contributed by atoms with Crippen LogP contribution in [0.2, 0.25) is 0 Å². The molecule has 2 unspecified atom stereocenters. The van der Waals surface area contributed by atoms with Crippen molar-refractivity contribution in [2.75, 3.05) is 18.1 Å². The van der Waals surface area contributed by atoms with E-state index in [-0.39, 0.29) is 0 Å². The van der Waals surface area contributed by atoms with Crippen LogP contribution >= 0.6 is 0 Å². The van der Waals surface area contributed by atoms with Gasteiger partial charge in [-0.15, -0.1) is 0 Å². The second-order valence-corrected chi connectivity index (χ2v) is 7.88. The molecule has 1 heterocycles. The van der Waals surface area contributed by atoms with E-state index in [2.05, 4.69) is 26.1 Å². The molecule has 1 fully saturated rings. The lowest BCUT2D eigenvalue weighted by molar-refractivity contribution is 0.349. The first kappa shape index (κ1) is 15.0. The summed E-state index contributed by atoms with van der Waals surface area (Å²) in [4.78, 5) is 0. The molecule has 1 N–H and O–H groups in total. The first-order valence-electron chi connectivity index (χ1n) is 6.88. The Labute approximate surface area is 106 Å². The van der Waals surface area contributed by atoms with Crippen molar-refractivity contribution in [3.05, 3.63) is 0 Å². The van der Waals surface area contributed by atoms with Crippen LogP contribution in [0, 0.1) is 11.8 Å². The summed E-state index contributed by atoms with van der Waals surface area (Å²) in [7, 11) is -2.74. The van der Waals surface area contributed by atoms with Gasteiger partial charge in [-0.05, 0) is 31.2 Å². The number of hydrogen-bond donors (Lipinski definition) is 1. The minimum absolute atomic E-state index is 0.340. The van der Waals surface area contributed by atoms with E-state index in [0.717, 1.165) is 25.3 Å². The molecule has 0 amide bonds. The van der Waals surface area contributed by atoms with Crippen molar-refractivity contribution in [3.8, 4) is 0 Å². The Bertz CT molecular complexity index is 311. The molecule has 0 aromatic heterocycles. The topological polar surface area (TPSA) is 46.2 Å². The summed E-state index contributed by atoms with van der Waals surface area (Å²) in [6.07, 6.45) is 4.40. The minimum Gasteiger partial charge on any atom is -0.314 e. The molecule has 0 aromatic rings. The predicted molar refractivity (Wildman–Crippen MR) is 72.9 cm³/mol. The van der Waals surface area contributed by atoms with Crippen LogP contribution in [-0.4, -0.2) is 32.5 Å². The molecule has 1 rings (SSSR count). The van der Waals surface area contributed by atoms with Crippen molar-refractivity contribution in [2.45, 2.75) is 52.5 Å². The lowest BCUT2D eigenvalue weighted by Gasteiger charge is -2.23. The van der Waals surface area contributed by atoms with Crippen molar-refractivity contribution in [1.82, 2.24) is 5.32 Å². The Morgan fingerprint density at radius 3 is 2.47 bits per heavy atom. The highest BCUT2D eigenvalue weighted by molar-refractivity contribution is 7.91. The lowest BCUT2D eigenvalue weighted by Crippen LogP contribution is -2.36. The third kappa shape index (κ3) is 5.38. The molecule has 0 saturated carbocycles. The van der Waals surface area contributed by atoms with Crippen LogP contribution in [-0.2, 0) is 9.84 Å². The van der Waals surface area contributed by atoms with Crippen molar-refractivity contribution >= 4 is 9.84 Å². The van der Waals surface area contributed by atoms with Crippen LogP contribution in [0.15, 0.2) is 0 Å². The average Bonchev–Trinajstić information content (AvgIpc) is 2.57. The van der Waals surface area contributed by atoms with Gasteiger partial charge in [0.25, 0.3) is 0 Å². The molecule has 1 aliphatic heterocycles. The van der Waals surface area contributed by atoms with Gasteiger partial charge >= 0.3 is 0 Å². The summed E-state index contributed by atoms with van der Waals surface area (Å²) in [6, 6.07) is 0.399. The normalized spacial score (nSPS) is 25.3. The third-order valence-electron chi connectivity index (χ3n) is 3.60. The number of nitrogens with one attached hydrogen (secondary N) is 1. The monoisotopic (exact) mass is 261 g/mol. The smallest absolute Gasteiger partial charge is 0.150 e. The fourth-order valence-electron chi connectivity index (χ4n) is 2.65. The zero-order chi connectivity index (χ0) is 12.9. The van der Waals surface area contributed by atoms with Crippen molar-refractivity contribution < 1.29 is 8.42 Å². The Hall–Kier alpha value is -0.0900. The maximum Gasteiger partial charge on any atom is 0.150 e. The van der Waals surface area contributed by atoms with Gasteiger partial charge in [0.15, 0.2) is 9.84 Å². The molecule has 0 aliphatic carbocycles. The highest BCUT2D eigenvalue weighted by Crippen LogP contribution is 2.25. The fraction of sp³-hybridized carbons (Fsp3) is 1.00. The van der Waals surface area contributed by atoms with Gasteiger partial charge in [-0.2, -0.15) is 0 Å². The molecule has 0 aromatic carbocycles. The highest BCUT2D eigenvalue weighted by Gasteiger charge is 2.32. The maximum absolute atomic E-state index is 11.5. The van der Waals surface area contributed by atoms with Crippen LogP contribution in [0.3, 0.4) is 0 Å². The van der Waals surface area contributed by atoms with Gasteiger partial charge in [-0.25, -0.2) is 8.42 Å². The van der Waals surface area contributed by atoms with Crippen molar-refractivity contribution in [1.29, 1.82) is 0 Å². The zero-order valence-electron chi connectivity index (χ0n) is 11.4. The van der Waals surface area contributed by atoms with Crippen molar-refractivity contribution in [3.63, 3.8) is 0 Å². The van der Waals surface area contributed by atoms with Gasteiger partial charge in [0, 0.05) is 6.04 Å². The van der Waals surface area contributed by atoms with E-state index < -0.39 is 9.84 Å². The molecule has 17 heavy (non-hydrogen) atoms. The molecule has 0 bridgehead atoms. The van der Waals surface area contributed by atoms with E-state index in [1.165, 1.54) is 12.8 Å². The molecule has 1 aliphatic rings. The minimum atomic E-state index is -2.74. The number of sulfone groups is 1. The van der Waals surface area contributed by atoms with E-state index in [1.807, 2.05) is 0 Å². The quantitative estimate of drug-likeness (QED) is 0.764. The van der Waals surface area contributed by atoms with Crippen LogP contribution in [0.4, 0.5) is 0 Å². The first-order chi connectivity index (χ1) is 7.94. The fourth-order valence-corrected chi connectivity index (χ4v) is 4.53. The standard InChI is InChI=1S/C13H27NO2S/c1-4-14-13(7-5-6-11(2)3)12-8-9-17(15,16)10-12/h11-14H,4-10H2,1-3H3. The van der Waals surface area contributed by atoms with Crippen LogP contribution < -0.4 is 5.32 Å². The molecular formula is C13H27NO2S. The zero-order valence-corrected chi connectivity index (χ0v) is 12.2. The van der Waals surface area contributed by atoms with Crippen LogP contribution in [0.25, 0.3) is 0 Å². The lowest BCUT2D eigenvalue weighted by atomic mass is 9.93. The van der Waals surface area contributed by atoms with Gasteiger partial charge in [0.1, 0.15) is 0 Å². The summed E-state index contributed by atoms with van der Waals surface area (Å²) in [5.41, 5.74) is 0. The number of hydrogen-bond acceptors (Lipinski definition) is 3. The molecule has 3 nitrogen and oxygen atoms in total. The van der Waals surface area contributed by atoms with Gasteiger partial charge in [-0.3, -0.25) is 0 Å². The molecule has 1 saturated heterocycles. The summed E-state index contributed by atoms with van der Waals surface area (Å²) >= 11 is 0. The summed E-state index contributed by atoms with van der Waals surface area (Å²) in [5, 5.41) is 3.47. The Kier molecular flexibility index (Phi) is 5.93. The molecular weight excluding hydrogens is 234 g/mol. The SMILES string of the molecule is CCNC(CCCC(C)C)C1CCS(=O)(=O)C1. The number of rotatable bonds is 7. The molecule has 102 valence electrons.